The minimum absolute atomic E-state index is 0.141. The summed E-state index contributed by atoms with van der Waals surface area (Å²) < 4.78 is 13.6. The normalized spacial score (nSPS) is 10.6. The molecule has 0 radical (unpaired) electrons. The maximum absolute atomic E-state index is 12.9. The second kappa shape index (κ2) is 10.4. The first-order valence-corrected chi connectivity index (χ1v) is 11.7. The number of benzene rings is 2. The lowest BCUT2D eigenvalue weighted by Crippen LogP contribution is -2.14. The fraction of sp³-hybridized carbons (Fsp3) is 0.150. The predicted octanol–water partition coefficient (Wildman–Crippen LogP) is 4.92. The van der Waals surface area contributed by atoms with Crippen molar-refractivity contribution in [2.75, 3.05) is 22.6 Å². The lowest BCUT2D eigenvalue weighted by atomic mass is 10.3. The summed E-state index contributed by atoms with van der Waals surface area (Å²) in [6.07, 6.45) is 2.17. The number of thioether (sulfide) groups is 2. The van der Waals surface area contributed by atoms with Crippen molar-refractivity contribution in [1.29, 1.82) is 0 Å². The molecular weight excluding hydrogens is 429 g/mol. The van der Waals surface area contributed by atoms with Gasteiger partial charge in [-0.2, -0.15) is 0 Å². The molecule has 5 nitrogen and oxygen atoms in total. The monoisotopic (exact) mass is 447 g/mol. The van der Waals surface area contributed by atoms with E-state index in [9.17, 15) is 14.0 Å². The average molecular weight is 448 g/mol. The molecule has 3 aromatic rings. The highest BCUT2D eigenvalue weighted by Crippen LogP contribution is 2.23. The Morgan fingerprint density at radius 3 is 2.28 bits per heavy atom. The van der Waals surface area contributed by atoms with Crippen LogP contribution >= 0.6 is 34.9 Å². The summed E-state index contributed by atoms with van der Waals surface area (Å²) >= 11 is 4.33. The Balaban J connectivity index is 1.45. The zero-order chi connectivity index (χ0) is 20.6. The van der Waals surface area contributed by atoms with Crippen LogP contribution < -0.4 is 10.6 Å². The fourth-order valence-corrected chi connectivity index (χ4v) is 4.39. The van der Waals surface area contributed by atoms with E-state index in [1.807, 2.05) is 35.9 Å². The molecule has 0 fully saturated rings. The van der Waals surface area contributed by atoms with Crippen LogP contribution in [-0.2, 0) is 16.0 Å². The third-order valence-corrected chi connectivity index (χ3v) is 6.51. The van der Waals surface area contributed by atoms with Crippen molar-refractivity contribution in [2.24, 2.45) is 0 Å². The van der Waals surface area contributed by atoms with E-state index < -0.39 is 0 Å². The first-order valence-electron chi connectivity index (χ1n) is 8.58. The van der Waals surface area contributed by atoms with Crippen LogP contribution in [-0.4, -0.2) is 28.8 Å². The van der Waals surface area contributed by atoms with Crippen LogP contribution in [0.5, 0.6) is 0 Å². The van der Waals surface area contributed by atoms with Gasteiger partial charge in [-0.25, -0.2) is 9.37 Å². The number of rotatable bonds is 8. The van der Waals surface area contributed by atoms with Crippen LogP contribution in [0.25, 0.3) is 0 Å². The Morgan fingerprint density at radius 2 is 1.62 bits per heavy atom. The van der Waals surface area contributed by atoms with Gasteiger partial charge in [0.25, 0.3) is 0 Å². The molecule has 0 saturated heterocycles. The van der Waals surface area contributed by atoms with E-state index in [-0.39, 0.29) is 29.8 Å². The largest absolute Gasteiger partial charge is 0.326 e. The topological polar surface area (TPSA) is 71.1 Å². The Kier molecular flexibility index (Phi) is 7.68. The van der Waals surface area contributed by atoms with Gasteiger partial charge in [0.05, 0.1) is 17.9 Å². The molecule has 0 saturated carbocycles. The number of amides is 2. The summed E-state index contributed by atoms with van der Waals surface area (Å²) in [7, 11) is 0. The van der Waals surface area contributed by atoms with Gasteiger partial charge < -0.3 is 10.6 Å². The standard InChI is InChI=1S/C20H18FN3O2S3/c1-27-17-8-6-15(7-9-17)22-18(25)10-16-11-28-20(24-16)29-12-19(26)23-14-4-2-13(21)3-5-14/h2-9,11H,10,12H2,1H3,(H,22,25)(H,23,26). The van der Waals surface area contributed by atoms with E-state index in [2.05, 4.69) is 15.6 Å². The molecule has 0 aliphatic rings. The highest BCUT2D eigenvalue weighted by atomic mass is 32.2. The number of anilines is 2. The Morgan fingerprint density at radius 1 is 1.00 bits per heavy atom. The van der Waals surface area contributed by atoms with Gasteiger partial charge in [-0.05, 0) is 54.8 Å². The van der Waals surface area contributed by atoms with Crippen LogP contribution in [0, 0.1) is 5.82 Å². The summed E-state index contributed by atoms with van der Waals surface area (Å²) in [5.74, 6) is -0.519. The van der Waals surface area contributed by atoms with Crippen molar-refractivity contribution < 1.29 is 14.0 Å². The lowest BCUT2D eigenvalue weighted by molar-refractivity contribution is -0.116. The summed E-state index contributed by atoms with van der Waals surface area (Å²) in [5, 5.41) is 7.37. The van der Waals surface area contributed by atoms with Crippen LogP contribution in [0.2, 0.25) is 0 Å². The van der Waals surface area contributed by atoms with Crippen LogP contribution in [0.1, 0.15) is 5.69 Å². The summed E-state index contributed by atoms with van der Waals surface area (Å²) in [5.41, 5.74) is 1.95. The third-order valence-electron chi connectivity index (χ3n) is 3.70. The van der Waals surface area contributed by atoms with Crippen molar-refractivity contribution in [1.82, 2.24) is 4.98 Å². The second-order valence-corrected chi connectivity index (χ2v) is 8.86. The quantitative estimate of drug-likeness (QED) is 0.480. The van der Waals surface area contributed by atoms with Gasteiger partial charge in [0.2, 0.25) is 11.8 Å². The van der Waals surface area contributed by atoms with Crippen LogP contribution in [0.3, 0.4) is 0 Å². The second-order valence-electron chi connectivity index (χ2n) is 5.90. The van der Waals surface area contributed by atoms with Crippen molar-refractivity contribution >= 4 is 58.0 Å². The number of carbonyl (C=O) groups is 2. The first kappa shape index (κ1) is 21.4. The highest BCUT2D eigenvalue weighted by molar-refractivity contribution is 8.01. The van der Waals surface area contributed by atoms with Gasteiger partial charge in [-0.1, -0.05) is 11.8 Å². The van der Waals surface area contributed by atoms with Gasteiger partial charge >= 0.3 is 0 Å². The van der Waals surface area contributed by atoms with Gasteiger partial charge in [-0.3, -0.25) is 9.59 Å². The van der Waals surface area contributed by atoms with Crippen LogP contribution in [0.4, 0.5) is 15.8 Å². The van der Waals surface area contributed by atoms with Crippen molar-refractivity contribution in [3.63, 3.8) is 0 Å². The number of aromatic nitrogens is 1. The average Bonchev–Trinajstić information content (AvgIpc) is 3.16. The van der Waals surface area contributed by atoms with Crippen LogP contribution in [0.15, 0.2) is 63.1 Å². The van der Waals surface area contributed by atoms with E-state index in [1.165, 1.54) is 47.4 Å². The lowest BCUT2D eigenvalue weighted by Gasteiger charge is -2.05. The molecule has 1 heterocycles. The molecule has 0 unspecified atom stereocenters. The maximum Gasteiger partial charge on any atom is 0.234 e. The number of thiazole rings is 1. The SMILES string of the molecule is CSc1ccc(NC(=O)Cc2csc(SCC(=O)Nc3ccc(F)cc3)n2)cc1. The number of hydrogen-bond acceptors (Lipinski definition) is 6. The van der Waals surface area contributed by atoms with Crippen molar-refractivity contribution in [3.8, 4) is 0 Å². The molecule has 1 aromatic heterocycles. The number of nitrogens with zero attached hydrogens (tertiary/aromatic N) is 1. The molecule has 9 heteroatoms. The van der Waals surface area contributed by atoms with E-state index in [0.717, 1.165) is 10.6 Å². The third kappa shape index (κ3) is 6.88. The van der Waals surface area contributed by atoms with E-state index in [4.69, 9.17) is 0 Å². The fourth-order valence-electron chi connectivity index (χ4n) is 2.34. The van der Waals surface area contributed by atoms with E-state index in [0.29, 0.717) is 15.7 Å². The molecule has 0 aliphatic heterocycles. The molecule has 150 valence electrons. The molecule has 0 bridgehead atoms. The number of nitrogens with one attached hydrogen (secondary N) is 2. The molecule has 2 N–H and O–H groups in total. The minimum Gasteiger partial charge on any atom is -0.326 e. The van der Waals surface area contributed by atoms with Gasteiger partial charge in [0, 0.05) is 21.7 Å². The molecule has 0 spiro atoms. The molecule has 2 aromatic carbocycles. The maximum atomic E-state index is 12.9. The first-order chi connectivity index (χ1) is 14.0. The molecule has 29 heavy (non-hydrogen) atoms. The Bertz CT molecular complexity index is 975. The predicted molar refractivity (Wildman–Crippen MR) is 118 cm³/mol. The van der Waals surface area contributed by atoms with Gasteiger partial charge in [0.15, 0.2) is 4.34 Å². The molecule has 2 amide bonds. The van der Waals surface area contributed by atoms with Gasteiger partial charge in [-0.15, -0.1) is 23.1 Å². The smallest absolute Gasteiger partial charge is 0.234 e. The molecule has 0 atom stereocenters. The number of hydrogen-bond donors (Lipinski definition) is 2. The van der Waals surface area contributed by atoms with Gasteiger partial charge in [0.1, 0.15) is 5.82 Å². The molecular formula is C20H18FN3O2S3. The summed E-state index contributed by atoms with van der Waals surface area (Å²) in [6, 6.07) is 13.2. The summed E-state index contributed by atoms with van der Waals surface area (Å²) in [6.45, 7) is 0. The highest BCUT2D eigenvalue weighted by Gasteiger charge is 2.11. The molecule has 3 rings (SSSR count). The summed E-state index contributed by atoms with van der Waals surface area (Å²) in [4.78, 5) is 29.7. The van der Waals surface area contributed by atoms with Crippen molar-refractivity contribution in [2.45, 2.75) is 15.7 Å². The molecule has 0 aliphatic carbocycles. The Labute approximate surface area is 180 Å². The Hall–Kier alpha value is -2.36. The zero-order valence-corrected chi connectivity index (χ0v) is 17.9. The van der Waals surface area contributed by atoms with E-state index in [1.54, 1.807) is 11.8 Å². The number of carbonyl (C=O) groups excluding carboxylic acids is 2. The van der Waals surface area contributed by atoms with E-state index >= 15 is 0 Å². The van der Waals surface area contributed by atoms with Crippen molar-refractivity contribution in [3.05, 3.63) is 65.4 Å². The zero-order valence-electron chi connectivity index (χ0n) is 15.5. The minimum atomic E-state index is -0.353. The number of halogens is 1.